The molecule has 0 aromatic carbocycles. The third-order valence-corrected chi connectivity index (χ3v) is 3.69. The largest absolute Gasteiger partial charge is 0.363 e. The van der Waals surface area contributed by atoms with Crippen LogP contribution in [0.5, 0.6) is 0 Å². The van der Waals surface area contributed by atoms with Crippen molar-refractivity contribution in [2.75, 3.05) is 7.05 Å². The smallest absolute Gasteiger partial charge is 0.169 e. The van der Waals surface area contributed by atoms with Crippen LogP contribution in [0.25, 0.3) is 0 Å². The van der Waals surface area contributed by atoms with E-state index in [-0.39, 0.29) is 12.1 Å². The lowest BCUT2D eigenvalue weighted by Crippen LogP contribution is -2.25. The third-order valence-electron chi connectivity index (χ3n) is 3.28. The zero-order valence-corrected chi connectivity index (χ0v) is 10.8. The van der Waals surface area contributed by atoms with Crippen LogP contribution in [-0.2, 0) is 0 Å². The summed E-state index contributed by atoms with van der Waals surface area (Å²) in [5.41, 5.74) is 2.14. The van der Waals surface area contributed by atoms with Gasteiger partial charge in [0.05, 0.1) is 17.8 Å². The summed E-state index contributed by atoms with van der Waals surface area (Å²) in [6.07, 6.45) is 3.74. The molecule has 1 aliphatic rings. The van der Waals surface area contributed by atoms with Crippen molar-refractivity contribution in [2.24, 2.45) is 0 Å². The first kappa shape index (κ1) is 11.2. The van der Waals surface area contributed by atoms with Crippen molar-refractivity contribution in [1.29, 1.82) is 0 Å². The normalized spacial score (nSPS) is 23.2. The molecular weight excluding hydrogens is 244 g/mol. The standard InChI is InChI=1S/C13H14N4S/c1-17-12(10-6-4-8-15-10)11(16-13(17)18)9-5-2-3-7-14-9/h2-8,11-12,15H,1H3,(H,16,18)/t11-,12-/m0/s1. The SMILES string of the molecule is CN1C(=S)N[C@@H](c2ccccn2)[C@@H]1c1ccc[nH]1. The lowest BCUT2D eigenvalue weighted by atomic mass is 10.0. The predicted octanol–water partition coefficient (Wildman–Crippen LogP) is 2.01. The minimum Gasteiger partial charge on any atom is -0.363 e. The first-order valence-corrected chi connectivity index (χ1v) is 6.26. The summed E-state index contributed by atoms with van der Waals surface area (Å²) in [4.78, 5) is 9.76. The van der Waals surface area contributed by atoms with Gasteiger partial charge >= 0.3 is 0 Å². The first-order chi connectivity index (χ1) is 8.77. The maximum atomic E-state index is 5.34. The monoisotopic (exact) mass is 258 g/mol. The van der Waals surface area contributed by atoms with E-state index >= 15 is 0 Å². The summed E-state index contributed by atoms with van der Waals surface area (Å²) in [6, 6.07) is 10.3. The van der Waals surface area contributed by atoms with Gasteiger partial charge in [0.25, 0.3) is 0 Å². The summed E-state index contributed by atoms with van der Waals surface area (Å²) in [6.45, 7) is 0. The summed E-state index contributed by atoms with van der Waals surface area (Å²) in [7, 11) is 2.00. The van der Waals surface area contributed by atoms with Gasteiger partial charge in [0.15, 0.2) is 5.11 Å². The van der Waals surface area contributed by atoms with Crippen LogP contribution in [0.4, 0.5) is 0 Å². The fourth-order valence-corrected chi connectivity index (χ4v) is 2.62. The van der Waals surface area contributed by atoms with Crippen molar-refractivity contribution in [3.05, 3.63) is 54.1 Å². The molecule has 0 bridgehead atoms. The second-order valence-corrected chi connectivity index (χ2v) is 4.75. The van der Waals surface area contributed by atoms with Crippen LogP contribution in [0.3, 0.4) is 0 Å². The molecule has 2 aromatic rings. The van der Waals surface area contributed by atoms with E-state index in [1.165, 1.54) is 0 Å². The summed E-state index contributed by atoms with van der Waals surface area (Å²) >= 11 is 5.34. The lowest BCUT2D eigenvalue weighted by Gasteiger charge is -2.22. The van der Waals surface area contributed by atoms with Crippen LogP contribution in [0, 0.1) is 0 Å². The van der Waals surface area contributed by atoms with Crippen molar-refractivity contribution < 1.29 is 0 Å². The minimum atomic E-state index is 0.0855. The van der Waals surface area contributed by atoms with E-state index < -0.39 is 0 Å². The van der Waals surface area contributed by atoms with Gasteiger partial charge in [-0.05, 0) is 36.5 Å². The van der Waals surface area contributed by atoms with Crippen molar-refractivity contribution >= 4 is 17.3 Å². The second-order valence-electron chi connectivity index (χ2n) is 4.36. The number of hydrogen-bond donors (Lipinski definition) is 2. The molecule has 0 aliphatic carbocycles. The van der Waals surface area contributed by atoms with E-state index in [1.54, 1.807) is 0 Å². The van der Waals surface area contributed by atoms with Gasteiger partial charge < -0.3 is 15.2 Å². The zero-order chi connectivity index (χ0) is 12.5. The molecule has 3 rings (SSSR count). The number of H-pyrrole nitrogens is 1. The first-order valence-electron chi connectivity index (χ1n) is 5.85. The van der Waals surface area contributed by atoms with E-state index in [1.807, 2.05) is 43.7 Å². The number of hydrogen-bond acceptors (Lipinski definition) is 2. The highest BCUT2D eigenvalue weighted by Crippen LogP contribution is 2.36. The number of nitrogens with one attached hydrogen (secondary N) is 2. The van der Waals surface area contributed by atoms with Crippen LogP contribution in [0.2, 0.25) is 0 Å². The molecule has 2 N–H and O–H groups in total. The van der Waals surface area contributed by atoms with Crippen LogP contribution in [0.1, 0.15) is 23.5 Å². The Morgan fingerprint density at radius 3 is 2.83 bits per heavy atom. The quantitative estimate of drug-likeness (QED) is 0.809. The Kier molecular flexibility index (Phi) is 2.76. The molecule has 2 aromatic heterocycles. The number of nitrogens with zero attached hydrogens (tertiary/aromatic N) is 2. The van der Waals surface area contributed by atoms with Gasteiger partial charge in [0.1, 0.15) is 0 Å². The average Bonchev–Trinajstić information content (AvgIpc) is 3.00. The maximum absolute atomic E-state index is 5.34. The number of aromatic nitrogens is 2. The van der Waals surface area contributed by atoms with Gasteiger partial charge in [-0.15, -0.1) is 0 Å². The molecule has 3 heterocycles. The van der Waals surface area contributed by atoms with Crippen LogP contribution in [0.15, 0.2) is 42.7 Å². The average molecular weight is 258 g/mol. The maximum Gasteiger partial charge on any atom is 0.169 e. The van der Waals surface area contributed by atoms with Crippen molar-refractivity contribution in [3.8, 4) is 0 Å². The van der Waals surface area contributed by atoms with Gasteiger partial charge in [0.2, 0.25) is 0 Å². The van der Waals surface area contributed by atoms with Gasteiger partial charge in [0, 0.05) is 25.1 Å². The molecule has 18 heavy (non-hydrogen) atoms. The van der Waals surface area contributed by atoms with Crippen LogP contribution >= 0.6 is 12.2 Å². The Labute approximate surface area is 111 Å². The van der Waals surface area contributed by atoms with E-state index in [0.29, 0.717) is 0 Å². The number of aromatic amines is 1. The van der Waals surface area contributed by atoms with Crippen LogP contribution < -0.4 is 5.32 Å². The van der Waals surface area contributed by atoms with Crippen molar-refractivity contribution in [3.63, 3.8) is 0 Å². The number of pyridine rings is 1. The Balaban J connectivity index is 2.00. The fourth-order valence-electron chi connectivity index (χ4n) is 2.38. The molecule has 0 radical (unpaired) electrons. The van der Waals surface area contributed by atoms with E-state index in [4.69, 9.17) is 12.2 Å². The molecule has 5 heteroatoms. The number of likely N-dealkylation sites (N-methyl/N-ethyl adjacent to an activating group) is 1. The van der Waals surface area contributed by atoms with Crippen molar-refractivity contribution in [2.45, 2.75) is 12.1 Å². The Morgan fingerprint density at radius 2 is 2.17 bits per heavy atom. The molecule has 2 atom stereocenters. The lowest BCUT2D eigenvalue weighted by molar-refractivity contribution is 0.362. The summed E-state index contributed by atoms with van der Waals surface area (Å²) in [5, 5.41) is 4.09. The van der Waals surface area contributed by atoms with Gasteiger partial charge in [-0.1, -0.05) is 6.07 Å². The Bertz CT molecular complexity index is 537. The zero-order valence-electron chi connectivity index (χ0n) is 10.00. The van der Waals surface area contributed by atoms with E-state index in [0.717, 1.165) is 16.5 Å². The number of rotatable bonds is 2. The predicted molar refractivity (Wildman–Crippen MR) is 74.0 cm³/mol. The third kappa shape index (κ3) is 1.76. The molecule has 1 saturated heterocycles. The van der Waals surface area contributed by atoms with Crippen LogP contribution in [-0.4, -0.2) is 27.0 Å². The van der Waals surface area contributed by atoms with Crippen molar-refractivity contribution in [1.82, 2.24) is 20.2 Å². The second kappa shape index (κ2) is 4.42. The highest BCUT2D eigenvalue weighted by molar-refractivity contribution is 7.80. The number of thiocarbonyl (C=S) groups is 1. The fraction of sp³-hybridized carbons (Fsp3) is 0.231. The minimum absolute atomic E-state index is 0.0855. The molecular formula is C13H14N4S. The van der Waals surface area contributed by atoms with Gasteiger partial charge in [-0.2, -0.15) is 0 Å². The highest BCUT2D eigenvalue weighted by atomic mass is 32.1. The Hall–Kier alpha value is -1.88. The van der Waals surface area contributed by atoms with Gasteiger partial charge in [-0.25, -0.2) is 0 Å². The topological polar surface area (TPSA) is 44.0 Å². The molecule has 0 saturated carbocycles. The van der Waals surface area contributed by atoms with Gasteiger partial charge in [-0.3, -0.25) is 4.98 Å². The molecule has 1 aliphatic heterocycles. The molecule has 0 unspecified atom stereocenters. The molecule has 92 valence electrons. The summed E-state index contributed by atoms with van der Waals surface area (Å²) in [5.74, 6) is 0. The molecule has 1 fully saturated rings. The molecule has 0 amide bonds. The highest BCUT2D eigenvalue weighted by Gasteiger charge is 2.37. The Morgan fingerprint density at radius 1 is 1.28 bits per heavy atom. The molecule has 4 nitrogen and oxygen atoms in total. The summed E-state index contributed by atoms with van der Waals surface area (Å²) < 4.78 is 0. The molecule has 0 spiro atoms. The van der Waals surface area contributed by atoms with E-state index in [9.17, 15) is 0 Å². The van der Waals surface area contributed by atoms with E-state index in [2.05, 4.69) is 26.3 Å².